The Balaban J connectivity index is 1.56. The van der Waals surface area contributed by atoms with Gasteiger partial charge in [0.25, 0.3) is 0 Å². The van der Waals surface area contributed by atoms with Gasteiger partial charge in [0.1, 0.15) is 10.4 Å². The van der Waals surface area contributed by atoms with E-state index in [-0.39, 0.29) is 0 Å². The molecule has 0 bridgehead atoms. The van der Waals surface area contributed by atoms with Crippen molar-refractivity contribution in [2.24, 2.45) is 0 Å². The lowest BCUT2D eigenvalue weighted by Crippen LogP contribution is -2.24. The monoisotopic (exact) mass is 346 g/mol. The molecule has 108 valence electrons. The largest absolute Gasteiger partial charge is 0.469 e. The van der Waals surface area contributed by atoms with Crippen LogP contribution in [0.2, 0.25) is 0 Å². The summed E-state index contributed by atoms with van der Waals surface area (Å²) in [5.41, 5.74) is 3.30. The number of rotatable bonds is 3. The highest BCUT2D eigenvalue weighted by Gasteiger charge is 2.22. The summed E-state index contributed by atoms with van der Waals surface area (Å²) < 4.78 is 8.41. The van der Waals surface area contributed by atoms with E-state index in [9.17, 15) is 0 Å². The number of nitrogens with zero attached hydrogens (tertiary/aromatic N) is 3. The summed E-state index contributed by atoms with van der Waals surface area (Å²) in [6, 6.07) is 2.45. The van der Waals surface area contributed by atoms with Gasteiger partial charge in [0, 0.05) is 30.8 Å². The summed E-state index contributed by atoms with van der Waals surface area (Å²) >= 11 is 3.40. The molecule has 0 aliphatic heterocycles. The Kier molecular flexibility index (Phi) is 3.27. The van der Waals surface area contributed by atoms with Gasteiger partial charge in [-0.1, -0.05) is 0 Å². The van der Waals surface area contributed by atoms with Gasteiger partial charge in [0.05, 0.1) is 24.4 Å². The van der Waals surface area contributed by atoms with E-state index in [1.165, 1.54) is 12.0 Å². The second kappa shape index (κ2) is 5.27. The number of halogens is 1. The molecule has 6 heteroatoms. The molecule has 3 heterocycles. The fourth-order valence-electron chi connectivity index (χ4n) is 2.97. The Morgan fingerprint density at radius 1 is 1.38 bits per heavy atom. The Morgan fingerprint density at radius 3 is 3.29 bits per heavy atom. The second-order valence-corrected chi connectivity index (χ2v) is 6.13. The highest BCUT2D eigenvalue weighted by atomic mass is 79.9. The zero-order valence-corrected chi connectivity index (χ0v) is 13.0. The Morgan fingerprint density at radius 2 is 2.33 bits per heavy atom. The van der Waals surface area contributed by atoms with E-state index in [0.717, 1.165) is 41.1 Å². The van der Waals surface area contributed by atoms with Gasteiger partial charge in [-0.25, -0.2) is 9.97 Å². The standard InChI is InChI=1S/C15H15BrN4O/c16-14-9-20-10(7-19-15(20)8-18-14)6-17-12-2-1-3-13-11(12)4-5-21-13/h4-5,7-9,12,17H,1-3,6H2. The average Bonchev–Trinajstić information content (AvgIpc) is 3.11. The average molecular weight is 347 g/mol. The summed E-state index contributed by atoms with van der Waals surface area (Å²) in [6.45, 7) is 0.771. The van der Waals surface area contributed by atoms with E-state index in [4.69, 9.17) is 4.42 Å². The van der Waals surface area contributed by atoms with Gasteiger partial charge in [-0.3, -0.25) is 4.40 Å². The smallest absolute Gasteiger partial charge is 0.155 e. The minimum Gasteiger partial charge on any atom is -0.469 e. The van der Waals surface area contributed by atoms with Crippen LogP contribution in [-0.4, -0.2) is 14.4 Å². The van der Waals surface area contributed by atoms with Gasteiger partial charge in [-0.05, 0) is 34.8 Å². The lowest BCUT2D eigenvalue weighted by molar-refractivity contribution is 0.409. The van der Waals surface area contributed by atoms with Gasteiger partial charge in [0.15, 0.2) is 5.65 Å². The van der Waals surface area contributed by atoms with Crippen LogP contribution in [0, 0.1) is 0 Å². The number of aryl methyl sites for hydroxylation is 1. The van der Waals surface area contributed by atoms with Crippen LogP contribution < -0.4 is 5.32 Å². The molecule has 1 aliphatic carbocycles. The van der Waals surface area contributed by atoms with Crippen LogP contribution in [0.15, 0.2) is 39.9 Å². The molecular formula is C15H15BrN4O. The number of hydrogen-bond donors (Lipinski definition) is 1. The van der Waals surface area contributed by atoms with Crippen LogP contribution in [0.1, 0.15) is 35.9 Å². The molecule has 0 spiro atoms. The maximum absolute atomic E-state index is 5.54. The molecule has 21 heavy (non-hydrogen) atoms. The predicted octanol–water partition coefficient (Wildman–Crippen LogP) is 3.25. The van der Waals surface area contributed by atoms with Crippen molar-refractivity contribution in [2.75, 3.05) is 0 Å². The lowest BCUT2D eigenvalue weighted by atomic mass is 9.93. The third kappa shape index (κ3) is 2.38. The molecule has 3 aromatic rings. The normalized spacial score (nSPS) is 18.0. The first-order chi connectivity index (χ1) is 10.3. The molecule has 1 N–H and O–H groups in total. The van der Waals surface area contributed by atoms with Crippen LogP contribution in [0.5, 0.6) is 0 Å². The highest BCUT2D eigenvalue weighted by molar-refractivity contribution is 9.10. The molecule has 1 aliphatic rings. The zero-order valence-electron chi connectivity index (χ0n) is 11.4. The summed E-state index contributed by atoms with van der Waals surface area (Å²) in [6.07, 6.45) is 10.8. The lowest BCUT2D eigenvalue weighted by Gasteiger charge is -2.22. The predicted molar refractivity (Wildman–Crippen MR) is 81.9 cm³/mol. The third-order valence-electron chi connectivity index (χ3n) is 4.02. The second-order valence-electron chi connectivity index (χ2n) is 5.31. The van der Waals surface area contributed by atoms with Crippen molar-refractivity contribution in [3.63, 3.8) is 0 Å². The summed E-state index contributed by atoms with van der Waals surface area (Å²) in [5, 5.41) is 3.62. The first kappa shape index (κ1) is 13.0. The quantitative estimate of drug-likeness (QED) is 0.790. The van der Waals surface area contributed by atoms with Crippen molar-refractivity contribution < 1.29 is 4.42 Å². The molecule has 0 radical (unpaired) electrons. The minimum atomic E-state index is 0.364. The first-order valence-corrected chi connectivity index (χ1v) is 7.88. The van der Waals surface area contributed by atoms with E-state index in [1.807, 2.05) is 12.4 Å². The Labute approximate surface area is 130 Å². The van der Waals surface area contributed by atoms with Crippen LogP contribution in [0.25, 0.3) is 5.65 Å². The van der Waals surface area contributed by atoms with Gasteiger partial charge >= 0.3 is 0 Å². The van der Waals surface area contributed by atoms with E-state index in [1.54, 1.807) is 12.5 Å². The van der Waals surface area contributed by atoms with E-state index < -0.39 is 0 Å². The molecule has 1 unspecified atom stereocenters. The molecule has 0 saturated carbocycles. The minimum absolute atomic E-state index is 0.364. The number of aromatic nitrogens is 3. The number of hydrogen-bond acceptors (Lipinski definition) is 4. The molecule has 3 aromatic heterocycles. The SMILES string of the molecule is Brc1cn2c(CNC3CCCc4occc43)cnc2cn1. The molecule has 0 amide bonds. The molecule has 1 atom stereocenters. The topological polar surface area (TPSA) is 55.4 Å². The maximum Gasteiger partial charge on any atom is 0.155 e. The summed E-state index contributed by atoms with van der Waals surface area (Å²) in [5.74, 6) is 1.13. The molecule has 0 fully saturated rings. The highest BCUT2D eigenvalue weighted by Crippen LogP contribution is 2.30. The fraction of sp³-hybridized carbons (Fsp3) is 0.333. The maximum atomic E-state index is 5.54. The number of imidazole rings is 1. The van der Waals surface area contributed by atoms with Crippen LogP contribution >= 0.6 is 15.9 Å². The molecular weight excluding hydrogens is 332 g/mol. The molecule has 0 aromatic carbocycles. The van der Waals surface area contributed by atoms with Gasteiger partial charge in [-0.15, -0.1) is 0 Å². The van der Waals surface area contributed by atoms with Crippen molar-refractivity contribution in [2.45, 2.75) is 31.8 Å². The van der Waals surface area contributed by atoms with Crippen molar-refractivity contribution in [1.82, 2.24) is 19.7 Å². The van der Waals surface area contributed by atoms with Gasteiger partial charge < -0.3 is 9.73 Å². The van der Waals surface area contributed by atoms with E-state index >= 15 is 0 Å². The molecule has 5 nitrogen and oxygen atoms in total. The van der Waals surface area contributed by atoms with Crippen molar-refractivity contribution in [3.05, 3.63) is 52.5 Å². The number of fused-ring (bicyclic) bond motifs is 2. The summed E-state index contributed by atoms with van der Waals surface area (Å²) in [4.78, 5) is 8.57. The van der Waals surface area contributed by atoms with Crippen molar-refractivity contribution in [3.8, 4) is 0 Å². The van der Waals surface area contributed by atoms with Gasteiger partial charge in [0.2, 0.25) is 0 Å². The number of nitrogens with one attached hydrogen (secondary N) is 1. The molecule has 0 saturated heterocycles. The Bertz CT molecular complexity index is 779. The number of furan rings is 1. The van der Waals surface area contributed by atoms with Crippen molar-refractivity contribution >= 4 is 21.6 Å². The van der Waals surface area contributed by atoms with Crippen LogP contribution in [0.4, 0.5) is 0 Å². The molecule has 4 rings (SSSR count). The Hall–Kier alpha value is -1.66. The fourth-order valence-corrected chi connectivity index (χ4v) is 3.28. The van der Waals surface area contributed by atoms with Crippen LogP contribution in [-0.2, 0) is 13.0 Å². The van der Waals surface area contributed by atoms with Crippen LogP contribution in [0.3, 0.4) is 0 Å². The third-order valence-corrected chi connectivity index (χ3v) is 4.43. The first-order valence-electron chi connectivity index (χ1n) is 7.08. The van der Waals surface area contributed by atoms with Gasteiger partial charge in [-0.2, -0.15) is 0 Å². The van der Waals surface area contributed by atoms with Crippen molar-refractivity contribution in [1.29, 1.82) is 0 Å². The van der Waals surface area contributed by atoms with E-state index in [2.05, 4.69) is 41.7 Å². The summed E-state index contributed by atoms with van der Waals surface area (Å²) in [7, 11) is 0. The zero-order chi connectivity index (χ0) is 14.2. The van der Waals surface area contributed by atoms with E-state index in [0.29, 0.717) is 6.04 Å².